The largest absolute Gasteiger partial charge is 0.478 e. The van der Waals surface area contributed by atoms with Crippen molar-refractivity contribution in [3.63, 3.8) is 0 Å². The third-order valence-corrected chi connectivity index (χ3v) is 10.2. The molecule has 0 bridgehead atoms. The summed E-state index contributed by atoms with van der Waals surface area (Å²) < 4.78 is 0. The molecule has 252 valence electrons. The van der Waals surface area contributed by atoms with Gasteiger partial charge in [0.1, 0.15) is 0 Å². The van der Waals surface area contributed by atoms with Crippen molar-refractivity contribution in [3.05, 3.63) is 103 Å². The zero-order valence-electron chi connectivity index (χ0n) is 25.2. The number of rotatable bonds is 4. The van der Waals surface area contributed by atoms with E-state index in [4.69, 9.17) is 46.4 Å². The van der Waals surface area contributed by atoms with Gasteiger partial charge in [0, 0.05) is 88.0 Å². The molecule has 0 saturated heterocycles. The van der Waals surface area contributed by atoms with Crippen LogP contribution < -0.4 is 9.80 Å². The van der Waals surface area contributed by atoms with Crippen LogP contribution in [0.4, 0.5) is 11.9 Å². The number of amides is 4. The smallest absolute Gasteiger partial charge is 0.338 e. The van der Waals surface area contributed by atoms with E-state index in [1.807, 2.05) is 0 Å². The van der Waals surface area contributed by atoms with Gasteiger partial charge >= 0.3 is 11.9 Å². The molecule has 0 aliphatic carbocycles. The normalized spacial score (nSPS) is 14.2. The van der Waals surface area contributed by atoms with E-state index in [0.29, 0.717) is 9.80 Å². The van der Waals surface area contributed by atoms with Crippen molar-refractivity contribution in [1.82, 2.24) is 19.9 Å². The highest BCUT2D eigenvalue weighted by atomic mass is 35.5. The predicted molar refractivity (Wildman–Crippen MR) is 188 cm³/mol. The van der Waals surface area contributed by atoms with Gasteiger partial charge in [0.05, 0.1) is 33.4 Å². The summed E-state index contributed by atoms with van der Waals surface area (Å²) in [4.78, 5) is 95.8. The van der Waals surface area contributed by atoms with Crippen LogP contribution >= 0.6 is 46.4 Å². The van der Waals surface area contributed by atoms with Crippen LogP contribution in [0.2, 0.25) is 20.1 Å². The van der Waals surface area contributed by atoms with Gasteiger partial charge in [-0.25, -0.2) is 39.3 Å². The average Bonchev–Trinajstić information content (AvgIpc) is 3.11. The number of halogens is 4. The quantitative estimate of drug-likeness (QED) is 0.106. The number of anilines is 2. The van der Waals surface area contributed by atoms with Gasteiger partial charge in [-0.1, -0.05) is 46.4 Å². The Labute approximate surface area is 307 Å². The van der Waals surface area contributed by atoms with E-state index in [2.05, 4.69) is 19.9 Å². The first-order chi connectivity index (χ1) is 24.8. The second kappa shape index (κ2) is 10.7. The lowest BCUT2D eigenvalue weighted by Crippen LogP contribution is -2.42. The number of benzene rings is 5. The molecular formula is C34H10Cl4N6O8. The number of carbonyl (C=O) groups is 6. The minimum Gasteiger partial charge on any atom is -0.478 e. The number of aromatic nitrogens is 4. The first kappa shape index (κ1) is 31.9. The first-order valence-electron chi connectivity index (χ1n) is 14.7. The van der Waals surface area contributed by atoms with Gasteiger partial charge in [0.15, 0.2) is 0 Å². The van der Waals surface area contributed by atoms with Gasteiger partial charge in [-0.05, 0) is 24.3 Å². The summed E-state index contributed by atoms with van der Waals surface area (Å²) in [6, 6.07) is 5.34. The number of fused-ring (bicyclic) bond motifs is 2. The lowest BCUT2D eigenvalue weighted by Gasteiger charge is -2.30. The summed E-state index contributed by atoms with van der Waals surface area (Å²) >= 11 is 27.9. The van der Waals surface area contributed by atoms with Crippen LogP contribution in [0.15, 0.2) is 49.1 Å². The summed E-state index contributed by atoms with van der Waals surface area (Å²) in [5.41, 5.74) is -0.650. The topological polar surface area (TPSA) is 201 Å². The molecule has 5 aromatic carbocycles. The van der Waals surface area contributed by atoms with Crippen LogP contribution in [0.3, 0.4) is 0 Å². The lowest BCUT2D eigenvalue weighted by molar-refractivity contribution is 0.0685. The van der Waals surface area contributed by atoms with Crippen LogP contribution in [0.5, 0.6) is 0 Å². The fraction of sp³-hybridized carbons (Fsp3) is 0. The molecule has 0 radical (unpaired) electrons. The van der Waals surface area contributed by atoms with Gasteiger partial charge in [0.25, 0.3) is 23.6 Å². The summed E-state index contributed by atoms with van der Waals surface area (Å²) in [7, 11) is 0. The van der Waals surface area contributed by atoms with Gasteiger partial charge in [-0.3, -0.25) is 19.2 Å². The molecule has 0 saturated carbocycles. The Kier molecular flexibility index (Phi) is 6.58. The molecule has 9 rings (SSSR count). The molecule has 2 aromatic heterocycles. The Balaban J connectivity index is 1.34. The van der Waals surface area contributed by atoms with Crippen LogP contribution in [-0.4, -0.2) is 65.7 Å². The molecule has 4 heterocycles. The van der Waals surface area contributed by atoms with E-state index < -0.39 is 35.6 Å². The molecule has 7 aromatic rings. The van der Waals surface area contributed by atoms with E-state index in [1.165, 1.54) is 24.3 Å². The Bertz CT molecular complexity index is 2610. The molecule has 0 fully saturated rings. The molecule has 0 atom stereocenters. The van der Waals surface area contributed by atoms with Crippen molar-refractivity contribution in [3.8, 4) is 0 Å². The highest BCUT2D eigenvalue weighted by Gasteiger charge is 2.41. The van der Waals surface area contributed by atoms with Gasteiger partial charge in [-0.15, -0.1) is 0 Å². The summed E-state index contributed by atoms with van der Waals surface area (Å²) in [5, 5.41) is 20.3. The number of imide groups is 2. The van der Waals surface area contributed by atoms with Gasteiger partial charge in [-0.2, -0.15) is 0 Å². The van der Waals surface area contributed by atoms with E-state index in [0.717, 1.165) is 24.8 Å². The zero-order chi connectivity index (χ0) is 36.7. The monoisotopic (exact) mass is 770 g/mol. The number of nitrogens with zero attached hydrogens (tertiary/aromatic N) is 6. The van der Waals surface area contributed by atoms with Crippen LogP contribution in [0, 0.1) is 0 Å². The molecule has 0 unspecified atom stereocenters. The SMILES string of the molecule is O=C(O)c1cnc(N2C(=O)c3cc(Cl)c4c5c(Cl)cc6c7c(cc(Cl)c(c8c(Cl)cc(c3c48)C2=O)c75)C(=O)N(c2ncc(C(=O)O)cn2)C6=O)nc1. The van der Waals surface area contributed by atoms with Crippen LogP contribution in [-0.2, 0) is 0 Å². The van der Waals surface area contributed by atoms with E-state index in [9.17, 15) is 39.0 Å². The Morgan fingerprint density at radius 1 is 0.442 bits per heavy atom. The highest BCUT2D eigenvalue weighted by molar-refractivity contribution is 6.57. The molecule has 2 aliphatic rings. The van der Waals surface area contributed by atoms with Crippen molar-refractivity contribution in [2.24, 2.45) is 0 Å². The Morgan fingerprint density at radius 3 is 0.923 bits per heavy atom. The van der Waals surface area contributed by atoms with Crippen LogP contribution in [0.1, 0.15) is 62.1 Å². The van der Waals surface area contributed by atoms with Crippen LogP contribution in [0.25, 0.3) is 43.1 Å². The predicted octanol–water partition coefficient (Wildman–Crippen LogP) is 6.93. The van der Waals surface area contributed by atoms with Crippen molar-refractivity contribution >= 4 is 137 Å². The van der Waals surface area contributed by atoms with Crippen molar-refractivity contribution in [2.45, 2.75) is 0 Å². The van der Waals surface area contributed by atoms with Crippen molar-refractivity contribution in [1.29, 1.82) is 0 Å². The number of carboxylic acids is 2. The summed E-state index contributed by atoms with van der Waals surface area (Å²) in [5.74, 6) is -6.80. The zero-order valence-corrected chi connectivity index (χ0v) is 28.2. The molecule has 52 heavy (non-hydrogen) atoms. The maximum absolute atomic E-state index is 14.0. The molecule has 0 spiro atoms. The van der Waals surface area contributed by atoms with Crippen molar-refractivity contribution < 1.29 is 39.0 Å². The van der Waals surface area contributed by atoms with Crippen molar-refractivity contribution in [2.75, 3.05) is 9.80 Å². The Hall–Kier alpha value is -6.06. The highest BCUT2D eigenvalue weighted by Crippen LogP contribution is 2.54. The standard InChI is InChI=1S/C34H10Cl4N6O8/c35-15-1-11-19-12(28(46)43(27(11)45)33-39-5-9(6-40-33)31(49)50)2-17(37)23-24-18(38)4-14-20-13(3-16(36)22(26(20)24)21(15)25(19)23)29(47)44(30(14)48)34-41-7-10(8-42-34)32(51)52/h1-8H,(H,49,50)(H,51,52). The van der Waals surface area contributed by atoms with Gasteiger partial charge in [0.2, 0.25) is 11.9 Å². The number of carbonyl (C=O) groups excluding carboxylic acids is 4. The third kappa shape index (κ3) is 4.02. The average molecular weight is 772 g/mol. The van der Waals surface area contributed by atoms with E-state index >= 15 is 0 Å². The molecule has 14 nitrogen and oxygen atoms in total. The van der Waals surface area contributed by atoms with E-state index in [-0.39, 0.29) is 108 Å². The maximum Gasteiger partial charge on any atom is 0.338 e. The minimum atomic E-state index is -1.31. The number of carboxylic acid groups (broad SMARTS) is 2. The second-order valence-corrected chi connectivity index (χ2v) is 13.3. The lowest BCUT2D eigenvalue weighted by atomic mass is 9.82. The maximum atomic E-state index is 14.0. The molecule has 4 amide bonds. The van der Waals surface area contributed by atoms with E-state index in [1.54, 1.807) is 0 Å². The Morgan fingerprint density at radius 2 is 0.692 bits per heavy atom. The molecular weight excluding hydrogens is 762 g/mol. The molecule has 18 heteroatoms. The summed E-state index contributed by atoms with van der Waals surface area (Å²) in [6.45, 7) is 0. The minimum absolute atomic E-state index is 0.00635. The second-order valence-electron chi connectivity index (χ2n) is 11.7. The summed E-state index contributed by atoms with van der Waals surface area (Å²) in [6.07, 6.45) is 3.82. The number of aromatic carboxylic acids is 2. The number of hydrogen-bond acceptors (Lipinski definition) is 10. The fourth-order valence-corrected chi connectivity index (χ4v) is 8.11. The third-order valence-electron chi connectivity index (χ3n) is 9.02. The number of hydrogen-bond donors (Lipinski definition) is 2. The molecule has 2 aliphatic heterocycles. The molecule has 2 N–H and O–H groups in total. The van der Waals surface area contributed by atoms with Gasteiger partial charge < -0.3 is 10.2 Å². The fourth-order valence-electron chi connectivity index (χ4n) is 6.92. The first-order valence-corrected chi connectivity index (χ1v) is 16.2.